The highest BCUT2D eigenvalue weighted by atomic mass is 35.5. The lowest BCUT2D eigenvalue weighted by Crippen LogP contribution is -2.46. The Bertz CT molecular complexity index is 779. The molecule has 5 nitrogen and oxygen atoms in total. The van der Waals surface area contributed by atoms with E-state index in [1.54, 1.807) is 6.07 Å². The molecule has 4 heterocycles. The van der Waals surface area contributed by atoms with Crippen molar-refractivity contribution in [3.05, 3.63) is 33.2 Å². The van der Waals surface area contributed by atoms with Gasteiger partial charge in [-0.3, -0.25) is 4.79 Å². The molecule has 2 bridgehead atoms. The van der Waals surface area contributed by atoms with E-state index in [9.17, 15) is 4.79 Å². The summed E-state index contributed by atoms with van der Waals surface area (Å²) in [6.45, 7) is 6.45. The van der Waals surface area contributed by atoms with Gasteiger partial charge >= 0.3 is 0 Å². The number of carbonyl (C=O) groups is 1. The Hall–Kier alpha value is -1.40. The van der Waals surface area contributed by atoms with Crippen molar-refractivity contribution in [3.63, 3.8) is 0 Å². The van der Waals surface area contributed by atoms with Crippen LogP contribution in [0.15, 0.2) is 18.3 Å². The maximum Gasteiger partial charge on any atom is 0.264 e. The second kappa shape index (κ2) is 6.09. The van der Waals surface area contributed by atoms with E-state index in [2.05, 4.69) is 42.2 Å². The monoisotopic (exact) mass is 378 g/mol. The first-order valence-electron chi connectivity index (χ1n) is 8.83. The number of aromatic nitrogens is 3. The van der Waals surface area contributed by atoms with Crippen molar-refractivity contribution in [2.45, 2.75) is 70.0 Å². The van der Waals surface area contributed by atoms with Crippen molar-refractivity contribution in [1.82, 2.24) is 19.9 Å². The van der Waals surface area contributed by atoms with Crippen LogP contribution in [-0.2, 0) is 5.41 Å². The van der Waals surface area contributed by atoms with Crippen LogP contribution in [-0.4, -0.2) is 37.9 Å². The second-order valence-electron chi connectivity index (χ2n) is 8.16. The van der Waals surface area contributed by atoms with Gasteiger partial charge in [-0.2, -0.15) is 0 Å². The molecular weight excluding hydrogens is 356 g/mol. The standard InChI is InChI=1S/C18H23ClN4OS/c1-18(2,3)15-10-22(21-20-15)13-8-11-4-5-12(9-13)23(11)17(24)14-6-7-16(19)25-14/h6-7,10-13H,4-5,8-9H2,1-3H3. The lowest BCUT2D eigenvalue weighted by Gasteiger charge is -2.38. The number of rotatable bonds is 2. The first kappa shape index (κ1) is 17.0. The molecule has 1 amide bonds. The number of nitrogens with zero attached hydrogens (tertiary/aromatic N) is 4. The Labute approximate surface area is 157 Å². The Morgan fingerprint density at radius 2 is 1.88 bits per heavy atom. The molecule has 0 spiro atoms. The van der Waals surface area contributed by atoms with E-state index in [1.807, 2.05) is 10.7 Å². The predicted molar refractivity (Wildman–Crippen MR) is 99.3 cm³/mol. The van der Waals surface area contributed by atoms with Crippen LogP contribution >= 0.6 is 22.9 Å². The molecule has 0 radical (unpaired) electrons. The van der Waals surface area contributed by atoms with Gasteiger partial charge in [0, 0.05) is 23.7 Å². The first-order valence-corrected chi connectivity index (χ1v) is 10.0. The van der Waals surface area contributed by atoms with Crippen LogP contribution in [0.25, 0.3) is 0 Å². The number of fused-ring (bicyclic) bond motifs is 2. The lowest BCUT2D eigenvalue weighted by molar-refractivity contribution is 0.0528. The minimum absolute atomic E-state index is 0.00629. The largest absolute Gasteiger partial charge is 0.332 e. The minimum Gasteiger partial charge on any atom is -0.332 e. The zero-order valence-corrected chi connectivity index (χ0v) is 16.3. The third-order valence-electron chi connectivity index (χ3n) is 5.38. The molecule has 2 aliphatic heterocycles. The highest BCUT2D eigenvalue weighted by Crippen LogP contribution is 2.42. The Balaban J connectivity index is 1.52. The zero-order chi connectivity index (χ0) is 17.8. The Morgan fingerprint density at radius 3 is 2.40 bits per heavy atom. The van der Waals surface area contributed by atoms with E-state index < -0.39 is 0 Å². The molecule has 0 N–H and O–H groups in total. The van der Waals surface area contributed by atoms with Gasteiger partial charge in [0.2, 0.25) is 0 Å². The van der Waals surface area contributed by atoms with Gasteiger partial charge in [-0.1, -0.05) is 37.6 Å². The summed E-state index contributed by atoms with van der Waals surface area (Å²) in [5.74, 6) is 0.136. The van der Waals surface area contributed by atoms with Crippen LogP contribution in [0.1, 0.15) is 67.9 Å². The summed E-state index contributed by atoms with van der Waals surface area (Å²) < 4.78 is 2.69. The summed E-state index contributed by atoms with van der Waals surface area (Å²) >= 11 is 7.37. The summed E-state index contributed by atoms with van der Waals surface area (Å²) in [6.07, 6.45) is 6.14. The number of amides is 1. The molecule has 2 saturated heterocycles. The second-order valence-corrected chi connectivity index (χ2v) is 9.88. The van der Waals surface area contributed by atoms with Gasteiger partial charge in [0.25, 0.3) is 5.91 Å². The van der Waals surface area contributed by atoms with Crippen molar-refractivity contribution in [3.8, 4) is 0 Å². The van der Waals surface area contributed by atoms with Crippen molar-refractivity contribution in [2.24, 2.45) is 0 Å². The molecular formula is C18H23ClN4OS. The van der Waals surface area contributed by atoms with Gasteiger partial charge in [0.15, 0.2) is 0 Å². The van der Waals surface area contributed by atoms with E-state index in [-0.39, 0.29) is 11.3 Å². The fourth-order valence-electron chi connectivity index (χ4n) is 4.05. The number of hydrogen-bond acceptors (Lipinski definition) is 4. The van der Waals surface area contributed by atoms with Crippen molar-refractivity contribution >= 4 is 28.8 Å². The first-order chi connectivity index (χ1) is 11.8. The number of thiophene rings is 1. The quantitative estimate of drug-likeness (QED) is 0.782. The zero-order valence-electron chi connectivity index (χ0n) is 14.8. The molecule has 2 atom stereocenters. The van der Waals surface area contributed by atoms with Crippen LogP contribution in [0.2, 0.25) is 4.34 Å². The summed E-state index contributed by atoms with van der Waals surface area (Å²) in [6, 6.07) is 4.56. The number of carbonyl (C=O) groups excluding carboxylic acids is 1. The molecule has 0 aromatic carbocycles. The van der Waals surface area contributed by atoms with Crippen molar-refractivity contribution < 1.29 is 4.79 Å². The van der Waals surface area contributed by atoms with Crippen molar-refractivity contribution in [2.75, 3.05) is 0 Å². The topological polar surface area (TPSA) is 51.0 Å². The van der Waals surface area contributed by atoms with Gasteiger partial charge in [-0.15, -0.1) is 16.4 Å². The summed E-state index contributed by atoms with van der Waals surface area (Å²) in [4.78, 5) is 15.7. The fraction of sp³-hybridized carbons (Fsp3) is 0.611. The summed E-state index contributed by atoms with van der Waals surface area (Å²) in [7, 11) is 0. The van der Waals surface area contributed by atoms with Crippen LogP contribution in [0.5, 0.6) is 0 Å². The van der Waals surface area contributed by atoms with Crippen LogP contribution < -0.4 is 0 Å². The SMILES string of the molecule is CC(C)(C)c1cn(C2CC3CCC(C2)N3C(=O)c2ccc(Cl)s2)nn1. The predicted octanol–water partition coefficient (Wildman–Crippen LogP) is 4.30. The molecule has 2 fully saturated rings. The maximum absolute atomic E-state index is 12.9. The van der Waals surface area contributed by atoms with Gasteiger partial charge in [-0.05, 0) is 37.8 Å². The van der Waals surface area contributed by atoms with Crippen LogP contribution in [0.4, 0.5) is 0 Å². The van der Waals surface area contributed by atoms with Crippen LogP contribution in [0.3, 0.4) is 0 Å². The summed E-state index contributed by atoms with van der Waals surface area (Å²) in [5.41, 5.74) is 1.03. The van der Waals surface area contributed by atoms with Crippen LogP contribution in [0, 0.1) is 0 Å². The van der Waals surface area contributed by atoms with Crippen molar-refractivity contribution in [1.29, 1.82) is 0 Å². The van der Waals surface area contributed by atoms with E-state index in [4.69, 9.17) is 11.6 Å². The highest BCUT2D eigenvalue weighted by molar-refractivity contribution is 7.17. The number of piperidine rings is 1. The summed E-state index contributed by atoms with van der Waals surface area (Å²) in [5, 5.41) is 8.74. The van der Waals surface area contributed by atoms with E-state index in [1.165, 1.54) is 11.3 Å². The Morgan fingerprint density at radius 1 is 1.20 bits per heavy atom. The molecule has 2 aromatic rings. The van der Waals surface area contributed by atoms with Gasteiger partial charge < -0.3 is 4.90 Å². The van der Waals surface area contributed by atoms with E-state index >= 15 is 0 Å². The fourth-order valence-corrected chi connectivity index (χ4v) is 5.04. The third kappa shape index (κ3) is 3.10. The number of halogens is 1. The molecule has 134 valence electrons. The molecule has 2 unspecified atom stereocenters. The molecule has 2 aromatic heterocycles. The highest BCUT2D eigenvalue weighted by Gasteiger charge is 2.44. The van der Waals surface area contributed by atoms with Gasteiger partial charge in [-0.25, -0.2) is 4.68 Å². The van der Waals surface area contributed by atoms with Gasteiger partial charge in [0.1, 0.15) is 0 Å². The molecule has 25 heavy (non-hydrogen) atoms. The smallest absolute Gasteiger partial charge is 0.264 e. The lowest BCUT2D eigenvalue weighted by atomic mass is 9.93. The van der Waals surface area contributed by atoms with E-state index in [0.29, 0.717) is 22.5 Å². The van der Waals surface area contributed by atoms with Gasteiger partial charge in [0.05, 0.1) is 20.9 Å². The van der Waals surface area contributed by atoms with E-state index in [0.717, 1.165) is 36.3 Å². The molecule has 2 aliphatic rings. The minimum atomic E-state index is 0.00629. The maximum atomic E-state index is 12.9. The average Bonchev–Trinajstić information content (AvgIpc) is 3.24. The molecule has 0 aliphatic carbocycles. The Kier molecular flexibility index (Phi) is 4.15. The normalized spacial score (nSPS) is 26.2. The average molecular weight is 379 g/mol. The third-order valence-corrected chi connectivity index (χ3v) is 6.60. The molecule has 0 saturated carbocycles. The molecule has 4 rings (SSSR count). The molecule has 7 heteroatoms. The number of hydrogen-bond donors (Lipinski definition) is 0.